The van der Waals surface area contributed by atoms with Crippen LogP contribution in [0.4, 0.5) is 10.1 Å². The highest BCUT2D eigenvalue weighted by Crippen LogP contribution is 2.55. The highest BCUT2D eigenvalue weighted by Gasteiger charge is 2.54. The third-order valence-electron chi connectivity index (χ3n) is 5.11. The van der Waals surface area contributed by atoms with Gasteiger partial charge in [0.25, 0.3) is 0 Å². The number of anilines is 1. The van der Waals surface area contributed by atoms with Crippen molar-refractivity contribution in [2.75, 3.05) is 5.32 Å². The zero-order valence-electron chi connectivity index (χ0n) is 12.4. The van der Waals surface area contributed by atoms with Gasteiger partial charge in [-0.1, -0.05) is 20.8 Å². The van der Waals surface area contributed by atoms with Crippen molar-refractivity contribution in [2.45, 2.75) is 33.6 Å². The standard InChI is InChI=1S/C16H20FNO3/c1-15(2)12(8-9-16(15,3)14(20)21)13(19)18-11-6-4-10(17)5-7-11/h4-7,12H,8-9H2,1-3H3,(H,18,19)(H,20,21)/p-1. The topological polar surface area (TPSA) is 69.2 Å². The van der Waals surface area contributed by atoms with Crippen LogP contribution in [0.2, 0.25) is 0 Å². The molecule has 0 aromatic heterocycles. The molecule has 2 rings (SSSR count). The van der Waals surface area contributed by atoms with E-state index in [0.717, 1.165) is 0 Å². The number of carboxylic acid groups (broad SMARTS) is 1. The molecule has 0 aliphatic heterocycles. The van der Waals surface area contributed by atoms with E-state index in [4.69, 9.17) is 0 Å². The Kier molecular flexibility index (Phi) is 3.78. The van der Waals surface area contributed by atoms with E-state index in [2.05, 4.69) is 5.32 Å². The predicted octanol–water partition coefficient (Wildman–Crippen LogP) is 1.96. The molecule has 1 aliphatic rings. The Morgan fingerprint density at radius 2 is 1.81 bits per heavy atom. The van der Waals surface area contributed by atoms with E-state index in [1.165, 1.54) is 24.3 Å². The molecule has 1 fully saturated rings. The average Bonchev–Trinajstić information content (AvgIpc) is 2.64. The maximum atomic E-state index is 12.9. The van der Waals surface area contributed by atoms with Gasteiger partial charge in [-0.15, -0.1) is 0 Å². The maximum absolute atomic E-state index is 12.9. The molecule has 2 unspecified atom stereocenters. The summed E-state index contributed by atoms with van der Waals surface area (Å²) in [6.07, 6.45) is 0.897. The molecule has 1 aromatic rings. The number of hydrogen-bond donors (Lipinski definition) is 1. The molecule has 1 amide bonds. The number of nitrogens with one attached hydrogen (secondary N) is 1. The Balaban J connectivity index is 2.17. The summed E-state index contributed by atoms with van der Waals surface area (Å²) in [5.41, 5.74) is -1.24. The molecule has 1 saturated carbocycles. The minimum Gasteiger partial charge on any atom is -0.550 e. The van der Waals surface area contributed by atoms with Crippen molar-refractivity contribution in [2.24, 2.45) is 16.7 Å². The van der Waals surface area contributed by atoms with Crippen molar-refractivity contribution in [3.8, 4) is 0 Å². The lowest BCUT2D eigenvalue weighted by Crippen LogP contribution is -2.49. The lowest BCUT2D eigenvalue weighted by Gasteiger charge is -2.41. The molecule has 21 heavy (non-hydrogen) atoms. The molecule has 5 heteroatoms. The van der Waals surface area contributed by atoms with E-state index in [1.807, 2.05) is 0 Å². The molecule has 0 saturated heterocycles. The summed E-state index contributed by atoms with van der Waals surface area (Å²) in [6.45, 7) is 5.20. The van der Waals surface area contributed by atoms with Crippen LogP contribution in [0.1, 0.15) is 33.6 Å². The summed E-state index contributed by atoms with van der Waals surface area (Å²) in [5.74, 6) is -2.16. The van der Waals surface area contributed by atoms with Crippen LogP contribution in [0.3, 0.4) is 0 Å². The SMILES string of the molecule is CC1(C(=O)[O-])CCC(C(=O)Nc2ccc(F)cc2)C1(C)C. The molecule has 1 aromatic carbocycles. The Morgan fingerprint density at radius 1 is 1.24 bits per heavy atom. The molecule has 4 nitrogen and oxygen atoms in total. The first-order chi connectivity index (χ1) is 9.68. The minimum absolute atomic E-state index is 0.239. The normalized spacial score (nSPS) is 27.3. The van der Waals surface area contributed by atoms with Gasteiger partial charge in [-0.2, -0.15) is 0 Å². The fourth-order valence-corrected chi connectivity index (χ4v) is 3.09. The van der Waals surface area contributed by atoms with Gasteiger partial charge < -0.3 is 15.2 Å². The van der Waals surface area contributed by atoms with Gasteiger partial charge in [-0.25, -0.2) is 4.39 Å². The Morgan fingerprint density at radius 3 is 2.29 bits per heavy atom. The first-order valence-corrected chi connectivity index (χ1v) is 6.96. The van der Waals surface area contributed by atoms with Gasteiger partial charge in [0.15, 0.2) is 0 Å². The van der Waals surface area contributed by atoms with Crippen molar-refractivity contribution < 1.29 is 19.1 Å². The molecule has 0 spiro atoms. The molecule has 0 radical (unpaired) electrons. The van der Waals surface area contributed by atoms with Crippen LogP contribution in [-0.4, -0.2) is 11.9 Å². The number of benzene rings is 1. The Hall–Kier alpha value is -1.91. The molecule has 1 N–H and O–H groups in total. The van der Waals surface area contributed by atoms with Gasteiger partial charge in [0, 0.05) is 23.0 Å². The fourth-order valence-electron chi connectivity index (χ4n) is 3.09. The monoisotopic (exact) mass is 292 g/mol. The number of amides is 1. The largest absolute Gasteiger partial charge is 0.550 e. The zero-order chi connectivity index (χ0) is 15.8. The van der Waals surface area contributed by atoms with E-state index < -0.39 is 22.7 Å². The van der Waals surface area contributed by atoms with Crippen LogP contribution < -0.4 is 10.4 Å². The smallest absolute Gasteiger partial charge is 0.228 e. The van der Waals surface area contributed by atoms with Gasteiger partial charge in [0.05, 0.1) is 0 Å². The Labute approximate surface area is 123 Å². The third kappa shape index (κ3) is 2.52. The van der Waals surface area contributed by atoms with Crippen LogP contribution in [0.15, 0.2) is 24.3 Å². The summed E-state index contributed by atoms with van der Waals surface area (Å²) < 4.78 is 12.9. The van der Waals surface area contributed by atoms with Crippen molar-refractivity contribution in [1.29, 1.82) is 0 Å². The molecule has 114 valence electrons. The molecule has 2 atom stereocenters. The molecular weight excluding hydrogens is 273 g/mol. The van der Waals surface area contributed by atoms with Crippen LogP contribution in [0.25, 0.3) is 0 Å². The van der Waals surface area contributed by atoms with Gasteiger partial charge >= 0.3 is 0 Å². The van der Waals surface area contributed by atoms with E-state index in [-0.39, 0.29) is 11.7 Å². The van der Waals surface area contributed by atoms with E-state index in [1.54, 1.807) is 20.8 Å². The highest BCUT2D eigenvalue weighted by atomic mass is 19.1. The number of halogens is 1. The van der Waals surface area contributed by atoms with E-state index in [0.29, 0.717) is 18.5 Å². The first kappa shape index (κ1) is 15.5. The van der Waals surface area contributed by atoms with Crippen molar-refractivity contribution in [3.63, 3.8) is 0 Å². The van der Waals surface area contributed by atoms with Crippen LogP contribution in [0.5, 0.6) is 0 Å². The second-order valence-corrected chi connectivity index (χ2v) is 6.43. The molecule has 0 heterocycles. The van der Waals surface area contributed by atoms with E-state index in [9.17, 15) is 19.1 Å². The number of rotatable bonds is 3. The quantitative estimate of drug-likeness (QED) is 0.926. The van der Waals surface area contributed by atoms with Crippen LogP contribution in [0, 0.1) is 22.6 Å². The second kappa shape index (κ2) is 5.13. The summed E-state index contributed by atoms with van der Waals surface area (Å²) in [6, 6.07) is 5.49. The van der Waals surface area contributed by atoms with Gasteiger partial charge in [-0.3, -0.25) is 4.79 Å². The minimum atomic E-state index is -1.12. The molecule has 1 aliphatic carbocycles. The number of hydrogen-bond acceptors (Lipinski definition) is 3. The lowest BCUT2D eigenvalue weighted by atomic mass is 9.65. The second-order valence-electron chi connectivity index (χ2n) is 6.43. The van der Waals surface area contributed by atoms with Crippen molar-refractivity contribution in [3.05, 3.63) is 30.1 Å². The lowest BCUT2D eigenvalue weighted by molar-refractivity contribution is -0.323. The summed E-state index contributed by atoms with van der Waals surface area (Å²) in [7, 11) is 0. The first-order valence-electron chi connectivity index (χ1n) is 6.96. The van der Waals surface area contributed by atoms with Crippen molar-refractivity contribution in [1.82, 2.24) is 0 Å². The third-order valence-corrected chi connectivity index (χ3v) is 5.11. The van der Waals surface area contributed by atoms with Crippen molar-refractivity contribution >= 4 is 17.6 Å². The average molecular weight is 292 g/mol. The predicted molar refractivity (Wildman–Crippen MR) is 74.6 cm³/mol. The number of carbonyl (C=O) groups excluding carboxylic acids is 2. The zero-order valence-corrected chi connectivity index (χ0v) is 12.4. The van der Waals surface area contributed by atoms with Crippen LogP contribution in [-0.2, 0) is 9.59 Å². The van der Waals surface area contributed by atoms with Gasteiger partial charge in [0.2, 0.25) is 5.91 Å². The van der Waals surface area contributed by atoms with Crippen LogP contribution >= 0.6 is 0 Å². The van der Waals surface area contributed by atoms with Gasteiger partial charge in [-0.05, 0) is 42.5 Å². The number of carbonyl (C=O) groups is 2. The summed E-state index contributed by atoms with van der Waals surface area (Å²) in [4.78, 5) is 23.8. The maximum Gasteiger partial charge on any atom is 0.228 e. The van der Waals surface area contributed by atoms with Gasteiger partial charge in [0.1, 0.15) is 5.82 Å². The summed E-state index contributed by atoms with van der Waals surface area (Å²) >= 11 is 0. The highest BCUT2D eigenvalue weighted by molar-refractivity contribution is 5.94. The number of aliphatic carboxylic acids is 1. The molecular formula is C16H19FNO3-. The Bertz CT molecular complexity index is 567. The summed E-state index contributed by atoms with van der Waals surface area (Å²) in [5, 5.41) is 14.1. The molecule has 0 bridgehead atoms. The number of carboxylic acids is 1. The fraction of sp³-hybridized carbons (Fsp3) is 0.500. The van der Waals surface area contributed by atoms with E-state index >= 15 is 0 Å².